The first-order valence-corrected chi connectivity index (χ1v) is 5.70. The molecular formula is C12H14Cl2NO2-. The van der Waals surface area contributed by atoms with Gasteiger partial charge in [0, 0.05) is 23.5 Å². The van der Waals surface area contributed by atoms with Crippen molar-refractivity contribution in [3.63, 3.8) is 0 Å². The molecule has 2 rings (SSSR count). The minimum absolute atomic E-state index is 0. The zero-order valence-corrected chi connectivity index (χ0v) is 10.8. The highest BCUT2D eigenvalue weighted by Gasteiger charge is 2.28. The predicted octanol–water partition coefficient (Wildman–Crippen LogP) is 1.20. The lowest BCUT2D eigenvalue weighted by Gasteiger charge is -2.19. The summed E-state index contributed by atoms with van der Waals surface area (Å²) in [6.45, 7) is 1.56. The maximum absolute atomic E-state index is 10.6. The first-order chi connectivity index (χ1) is 7.66. The van der Waals surface area contributed by atoms with Crippen molar-refractivity contribution in [3.05, 3.63) is 34.9 Å². The second-order valence-electron chi connectivity index (χ2n) is 4.15. The van der Waals surface area contributed by atoms with Crippen molar-refractivity contribution in [2.75, 3.05) is 13.1 Å². The molecule has 0 bridgehead atoms. The highest BCUT2D eigenvalue weighted by molar-refractivity contribution is 6.30. The quantitative estimate of drug-likeness (QED) is 0.902. The summed E-state index contributed by atoms with van der Waals surface area (Å²) in [6, 6.07) is 7.60. The topological polar surface area (TPSA) is 52.2 Å². The van der Waals surface area contributed by atoms with Crippen LogP contribution in [0, 0.1) is 5.92 Å². The maximum atomic E-state index is 10.6. The monoisotopic (exact) mass is 274 g/mol. The van der Waals surface area contributed by atoms with Gasteiger partial charge in [0.1, 0.15) is 0 Å². The van der Waals surface area contributed by atoms with Gasteiger partial charge in [-0.15, -0.1) is 12.4 Å². The van der Waals surface area contributed by atoms with Gasteiger partial charge >= 0.3 is 0 Å². The molecule has 2 atom stereocenters. The SMILES string of the molecule is Cl.O=C([O-])CC1CNCC1c1ccc(Cl)cc1. The molecule has 0 amide bonds. The standard InChI is InChI=1S/C12H14ClNO2.ClH/c13-10-3-1-8(2-4-10)11-7-14-6-9(11)5-12(15)16;/h1-4,9,11,14H,5-7H2,(H,15,16);1H/p-1. The number of carbonyl (C=O) groups excluding carboxylic acids is 1. The maximum Gasteiger partial charge on any atom is 0.0417 e. The summed E-state index contributed by atoms with van der Waals surface area (Å²) in [7, 11) is 0. The Labute approximate surface area is 112 Å². The molecule has 1 aromatic carbocycles. The molecule has 94 valence electrons. The predicted molar refractivity (Wildman–Crippen MR) is 67.4 cm³/mol. The van der Waals surface area contributed by atoms with E-state index in [4.69, 9.17) is 11.6 Å². The number of hydrogen-bond donors (Lipinski definition) is 1. The van der Waals surface area contributed by atoms with Crippen molar-refractivity contribution >= 4 is 30.0 Å². The van der Waals surface area contributed by atoms with Crippen LogP contribution in [0.2, 0.25) is 5.02 Å². The molecule has 1 aliphatic heterocycles. The number of benzene rings is 1. The Morgan fingerprint density at radius 3 is 2.59 bits per heavy atom. The van der Waals surface area contributed by atoms with Crippen LogP contribution in [0.15, 0.2) is 24.3 Å². The van der Waals surface area contributed by atoms with Crippen LogP contribution in [0.1, 0.15) is 17.9 Å². The van der Waals surface area contributed by atoms with Crippen molar-refractivity contribution < 1.29 is 9.90 Å². The number of aliphatic carboxylic acids is 1. The summed E-state index contributed by atoms with van der Waals surface area (Å²) < 4.78 is 0. The fourth-order valence-corrected chi connectivity index (χ4v) is 2.39. The molecule has 1 aliphatic rings. The third-order valence-electron chi connectivity index (χ3n) is 3.07. The van der Waals surface area contributed by atoms with E-state index in [0.717, 1.165) is 18.7 Å². The van der Waals surface area contributed by atoms with Crippen LogP contribution >= 0.6 is 24.0 Å². The van der Waals surface area contributed by atoms with E-state index in [1.807, 2.05) is 24.3 Å². The molecule has 1 aromatic rings. The van der Waals surface area contributed by atoms with E-state index in [1.165, 1.54) is 0 Å². The van der Waals surface area contributed by atoms with Crippen LogP contribution in [0.3, 0.4) is 0 Å². The zero-order valence-electron chi connectivity index (χ0n) is 9.19. The minimum atomic E-state index is -0.979. The average Bonchev–Trinajstić information content (AvgIpc) is 2.66. The van der Waals surface area contributed by atoms with Gasteiger partial charge in [-0.1, -0.05) is 23.7 Å². The van der Waals surface area contributed by atoms with Gasteiger partial charge in [-0.05, 0) is 36.6 Å². The van der Waals surface area contributed by atoms with Crippen molar-refractivity contribution in [3.8, 4) is 0 Å². The smallest absolute Gasteiger partial charge is 0.0417 e. The Morgan fingerprint density at radius 2 is 2.00 bits per heavy atom. The van der Waals surface area contributed by atoms with E-state index >= 15 is 0 Å². The van der Waals surface area contributed by atoms with Crippen LogP contribution in [-0.2, 0) is 4.79 Å². The van der Waals surface area contributed by atoms with E-state index in [9.17, 15) is 9.90 Å². The first-order valence-electron chi connectivity index (χ1n) is 5.33. The molecule has 1 heterocycles. The molecule has 17 heavy (non-hydrogen) atoms. The number of carboxylic acid groups (broad SMARTS) is 1. The third kappa shape index (κ3) is 3.60. The first kappa shape index (κ1) is 14.3. The number of halogens is 2. The van der Waals surface area contributed by atoms with Crippen LogP contribution in [0.25, 0.3) is 0 Å². The number of nitrogens with one attached hydrogen (secondary N) is 1. The average molecular weight is 275 g/mol. The lowest BCUT2D eigenvalue weighted by Crippen LogP contribution is -2.27. The molecule has 1 saturated heterocycles. The molecule has 0 radical (unpaired) electrons. The molecule has 0 aromatic heterocycles. The molecule has 2 unspecified atom stereocenters. The number of carboxylic acids is 1. The van der Waals surface area contributed by atoms with Gasteiger partial charge < -0.3 is 15.2 Å². The molecule has 3 nitrogen and oxygen atoms in total. The summed E-state index contributed by atoms with van der Waals surface area (Å²) in [5.74, 6) is -0.617. The highest BCUT2D eigenvalue weighted by Crippen LogP contribution is 2.30. The molecule has 0 spiro atoms. The fraction of sp³-hybridized carbons (Fsp3) is 0.417. The van der Waals surface area contributed by atoms with Crippen LogP contribution in [-0.4, -0.2) is 19.1 Å². The molecule has 1 N–H and O–H groups in total. The van der Waals surface area contributed by atoms with E-state index in [0.29, 0.717) is 5.02 Å². The van der Waals surface area contributed by atoms with Gasteiger partial charge in [-0.3, -0.25) is 0 Å². The normalized spacial score (nSPS) is 23.1. The van der Waals surface area contributed by atoms with E-state index in [-0.39, 0.29) is 30.7 Å². The minimum Gasteiger partial charge on any atom is -0.550 e. The Bertz CT molecular complexity index is 381. The lowest BCUT2D eigenvalue weighted by atomic mass is 9.87. The summed E-state index contributed by atoms with van der Waals surface area (Å²) in [5, 5.41) is 14.5. The largest absolute Gasteiger partial charge is 0.550 e. The second-order valence-corrected chi connectivity index (χ2v) is 4.59. The lowest BCUT2D eigenvalue weighted by molar-refractivity contribution is -0.306. The zero-order chi connectivity index (χ0) is 11.5. The molecule has 5 heteroatoms. The van der Waals surface area contributed by atoms with Gasteiger partial charge in [-0.2, -0.15) is 0 Å². The van der Waals surface area contributed by atoms with Crippen LogP contribution < -0.4 is 10.4 Å². The van der Waals surface area contributed by atoms with E-state index in [2.05, 4.69) is 5.32 Å². The number of hydrogen-bond acceptors (Lipinski definition) is 3. The Hall–Kier alpha value is -0.770. The van der Waals surface area contributed by atoms with E-state index < -0.39 is 5.97 Å². The van der Waals surface area contributed by atoms with Gasteiger partial charge in [0.25, 0.3) is 0 Å². The Morgan fingerprint density at radius 1 is 1.35 bits per heavy atom. The third-order valence-corrected chi connectivity index (χ3v) is 3.32. The Kier molecular flexibility index (Phi) is 5.25. The molecule has 0 saturated carbocycles. The molecule has 1 fully saturated rings. The summed E-state index contributed by atoms with van der Waals surface area (Å²) in [6.07, 6.45) is 0.111. The Balaban J connectivity index is 0.00000144. The van der Waals surface area contributed by atoms with Crippen molar-refractivity contribution in [2.24, 2.45) is 5.92 Å². The molecular weight excluding hydrogens is 261 g/mol. The van der Waals surface area contributed by atoms with Gasteiger partial charge in [0.15, 0.2) is 0 Å². The van der Waals surface area contributed by atoms with Gasteiger partial charge in [-0.25, -0.2) is 0 Å². The second kappa shape index (κ2) is 6.24. The number of rotatable bonds is 3. The fourth-order valence-electron chi connectivity index (χ4n) is 2.26. The van der Waals surface area contributed by atoms with Crippen LogP contribution in [0.4, 0.5) is 0 Å². The summed E-state index contributed by atoms with van der Waals surface area (Å²) in [4.78, 5) is 10.6. The number of carbonyl (C=O) groups is 1. The van der Waals surface area contributed by atoms with E-state index in [1.54, 1.807) is 0 Å². The van der Waals surface area contributed by atoms with Gasteiger partial charge in [0.05, 0.1) is 0 Å². The van der Waals surface area contributed by atoms with Crippen molar-refractivity contribution in [1.29, 1.82) is 0 Å². The van der Waals surface area contributed by atoms with Crippen molar-refractivity contribution in [1.82, 2.24) is 5.32 Å². The summed E-state index contributed by atoms with van der Waals surface area (Å²) in [5.41, 5.74) is 1.14. The van der Waals surface area contributed by atoms with Crippen LogP contribution in [0.5, 0.6) is 0 Å². The summed E-state index contributed by atoms with van der Waals surface area (Å²) >= 11 is 5.82. The highest BCUT2D eigenvalue weighted by atomic mass is 35.5. The molecule has 0 aliphatic carbocycles. The van der Waals surface area contributed by atoms with Crippen molar-refractivity contribution in [2.45, 2.75) is 12.3 Å². The van der Waals surface area contributed by atoms with Gasteiger partial charge in [0.2, 0.25) is 0 Å².